The van der Waals surface area contributed by atoms with E-state index in [2.05, 4.69) is 25.8 Å². The summed E-state index contributed by atoms with van der Waals surface area (Å²) in [7, 11) is 0. The minimum atomic E-state index is -1.44. The Morgan fingerprint density at radius 2 is 1.82 bits per heavy atom. The highest BCUT2D eigenvalue weighted by Gasteiger charge is 2.43. The monoisotopic (exact) mass is 544 g/mol. The summed E-state index contributed by atoms with van der Waals surface area (Å²) >= 11 is 0. The van der Waals surface area contributed by atoms with Gasteiger partial charge in [-0.2, -0.15) is 5.10 Å². The van der Waals surface area contributed by atoms with Crippen molar-refractivity contribution in [2.45, 2.75) is 13.8 Å². The van der Waals surface area contributed by atoms with Gasteiger partial charge in [0, 0.05) is 41.5 Å². The summed E-state index contributed by atoms with van der Waals surface area (Å²) < 4.78 is 34.0. The molecule has 2 aromatic carbocycles. The van der Waals surface area contributed by atoms with Crippen LogP contribution in [0.5, 0.6) is 11.5 Å². The minimum Gasteiger partial charge on any atom is -0.454 e. The smallest absolute Gasteiger partial charge is 0.332 e. The number of allylic oxidation sites excluding steroid dienone is 1. The summed E-state index contributed by atoms with van der Waals surface area (Å²) in [5.41, 5.74) is 2.10. The molecule has 4 aromatic rings. The highest BCUT2D eigenvalue weighted by molar-refractivity contribution is 6.25. The van der Waals surface area contributed by atoms with Gasteiger partial charge in [0.15, 0.2) is 17.5 Å². The number of hydrogen-bond donors (Lipinski definition) is 3. The number of ether oxygens (including phenoxy) is 1. The van der Waals surface area contributed by atoms with Crippen LogP contribution in [0, 0.1) is 17.6 Å². The van der Waals surface area contributed by atoms with E-state index in [4.69, 9.17) is 4.74 Å². The number of rotatable bonds is 6. The highest BCUT2D eigenvalue weighted by Crippen LogP contribution is 2.31. The van der Waals surface area contributed by atoms with E-state index in [1.807, 2.05) is 0 Å². The maximum atomic E-state index is 15.0. The van der Waals surface area contributed by atoms with Crippen LogP contribution in [0.1, 0.15) is 13.8 Å². The summed E-state index contributed by atoms with van der Waals surface area (Å²) in [6, 6.07) is 10.9. The third kappa shape index (κ3) is 5.27. The second-order valence-corrected chi connectivity index (χ2v) is 9.03. The summed E-state index contributed by atoms with van der Waals surface area (Å²) in [6.07, 6.45) is 4.76. The van der Waals surface area contributed by atoms with Crippen LogP contribution in [0.15, 0.2) is 84.5 Å². The number of H-pyrrole nitrogens is 1. The normalized spacial score (nSPS) is 15.1. The molecule has 4 amide bonds. The van der Waals surface area contributed by atoms with Crippen LogP contribution < -0.4 is 20.3 Å². The second-order valence-electron chi connectivity index (χ2n) is 9.03. The van der Waals surface area contributed by atoms with Gasteiger partial charge in [-0.3, -0.25) is 19.7 Å². The average Bonchev–Trinajstić information content (AvgIpc) is 3.46. The van der Waals surface area contributed by atoms with Gasteiger partial charge >= 0.3 is 6.03 Å². The standard InChI is InChI=1S/C28H22F2N6O4/c1-15(2)25-24(27(38)36(28(39)35-25)19-6-3-17(29)4-7-19)26(37)34-18-5-8-23(21(30)11-18)40-20-9-10-31-22(12-20)16-13-32-33-14-16/h3-14,24H,1-2H3,(H,32,33)(H,34,37)(H,35,39). The van der Waals surface area contributed by atoms with Gasteiger partial charge < -0.3 is 15.4 Å². The molecule has 2 aromatic heterocycles. The fourth-order valence-corrected chi connectivity index (χ4v) is 4.11. The van der Waals surface area contributed by atoms with Gasteiger partial charge in [0.25, 0.3) is 5.91 Å². The van der Waals surface area contributed by atoms with Crippen LogP contribution in [0.4, 0.5) is 25.0 Å². The number of aromatic nitrogens is 3. The third-order valence-electron chi connectivity index (χ3n) is 6.04. The molecule has 40 heavy (non-hydrogen) atoms. The number of amides is 4. The van der Waals surface area contributed by atoms with Gasteiger partial charge in [-0.05, 0) is 56.3 Å². The van der Waals surface area contributed by atoms with Gasteiger partial charge in [-0.15, -0.1) is 0 Å². The molecular weight excluding hydrogens is 522 g/mol. The lowest BCUT2D eigenvalue weighted by atomic mass is 9.96. The zero-order valence-electron chi connectivity index (χ0n) is 21.2. The van der Waals surface area contributed by atoms with Gasteiger partial charge in [0.1, 0.15) is 11.6 Å². The molecule has 1 unspecified atom stereocenters. The lowest BCUT2D eigenvalue weighted by Crippen LogP contribution is -2.57. The third-order valence-corrected chi connectivity index (χ3v) is 6.04. The van der Waals surface area contributed by atoms with Crippen LogP contribution in [0.25, 0.3) is 11.3 Å². The molecule has 3 heterocycles. The molecule has 3 N–H and O–H groups in total. The van der Waals surface area contributed by atoms with Crippen LogP contribution >= 0.6 is 0 Å². The number of benzene rings is 2. The van der Waals surface area contributed by atoms with Gasteiger partial charge in [0.2, 0.25) is 5.91 Å². The van der Waals surface area contributed by atoms with Crippen LogP contribution in [0.2, 0.25) is 0 Å². The summed E-state index contributed by atoms with van der Waals surface area (Å²) in [6.45, 7) is 3.28. The Kier molecular flexibility index (Phi) is 7.06. The van der Waals surface area contributed by atoms with Crippen molar-refractivity contribution in [2.75, 3.05) is 10.2 Å². The predicted molar refractivity (Wildman–Crippen MR) is 141 cm³/mol. The minimum absolute atomic E-state index is 0.0646. The topological polar surface area (TPSA) is 129 Å². The van der Waals surface area contributed by atoms with Gasteiger partial charge in [-0.1, -0.05) is 5.57 Å². The number of anilines is 2. The number of carbonyl (C=O) groups is 3. The molecule has 0 spiro atoms. The first-order chi connectivity index (χ1) is 19.2. The summed E-state index contributed by atoms with van der Waals surface area (Å²) in [5.74, 6) is -4.15. The number of nitrogens with one attached hydrogen (secondary N) is 3. The van der Waals surface area contributed by atoms with E-state index in [0.717, 1.165) is 28.7 Å². The first-order valence-electron chi connectivity index (χ1n) is 12.0. The first-order valence-corrected chi connectivity index (χ1v) is 12.0. The number of urea groups is 1. The predicted octanol–water partition coefficient (Wildman–Crippen LogP) is 5.15. The van der Waals surface area contributed by atoms with E-state index >= 15 is 0 Å². The van der Waals surface area contributed by atoms with E-state index in [1.54, 1.807) is 38.4 Å². The summed E-state index contributed by atoms with van der Waals surface area (Å²) in [4.78, 5) is 44.4. The molecule has 1 fully saturated rings. The maximum absolute atomic E-state index is 15.0. The zero-order valence-corrected chi connectivity index (χ0v) is 21.2. The molecule has 1 aliphatic rings. The molecule has 0 saturated carbocycles. The van der Waals surface area contributed by atoms with Crippen molar-refractivity contribution in [1.82, 2.24) is 20.5 Å². The molecule has 0 aliphatic carbocycles. The van der Waals surface area contributed by atoms with Crippen molar-refractivity contribution in [2.24, 2.45) is 5.92 Å². The molecule has 202 valence electrons. The molecule has 1 atom stereocenters. The van der Waals surface area contributed by atoms with Gasteiger partial charge in [0.05, 0.1) is 17.6 Å². The lowest BCUT2D eigenvalue weighted by molar-refractivity contribution is -0.129. The zero-order chi connectivity index (χ0) is 28.4. The van der Waals surface area contributed by atoms with Gasteiger partial charge in [-0.25, -0.2) is 18.5 Å². The number of aromatic amines is 1. The number of imide groups is 1. The van der Waals surface area contributed by atoms with Crippen molar-refractivity contribution in [3.8, 4) is 22.8 Å². The molecule has 5 rings (SSSR count). The molecule has 0 radical (unpaired) electrons. The molecule has 0 bridgehead atoms. The molecular formula is C28H22F2N6O4. The van der Waals surface area contributed by atoms with Crippen LogP contribution in [0.3, 0.4) is 0 Å². The summed E-state index contributed by atoms with van der Waals surface area (Å²) in [5, 5.41) is 11.7. The van der Waals surface area contributed by atoms with E-state index < -0.39 is 35.4 Å². The van der Waals surface area contributed by atoms with Crippen molar-refractivity contribution < 1.29 is 27.9 Å². The lowest BCUT2D eigenvalue weighted by Gasteiger charge is -2.33. The van der Waals surface area contributed by atoms with E-state index in [0.29, 0.717) is 17.0 Å². The highest BCUT2D eigenvalue weighted by atomic mass is 19.1. The van der Waals surface area contributed by atoms with Crippen molar-refractivity contribution in [3.05, 3.63) is 96.1 Å². The van der Waals surface area contributed by atoms with Crippen molar-refractivity contribution in [1.29, 1.82) is 0 Å². The molecule has 10 nitrogen and oxygen atoms in total. The van der Waals surface area contributed by atoms with Crippen LogP contribution in [-0.2, 0) is 9.59 Å². The van der Waals surface area contributed by atoms with E-state index in [-0.39, 0.29) is 22.8 Å². The molecule has 1 aliphatic heterocycles. The SMILES string of the molecule is CC(C)=C1NC(=O)N(c2ccc(F)cc2)C(=O)C1C(=O)Nc1ccc(Oc2ccnc(-c3cn[nH]c3)c2)c(F)c1. The van der Waals surface area contributed by atoms with E-state index in [9.17, 15) is 23.2 Å². The number of nitrogens with zero attached hydrogens (tertiary/aromatic N) is 3. The Bertz CT molecular complexity index is 1630. The fourth-order valence-electron chi connectivity index (χ4n) is 4.11. The largest absolute Gasteiger partial charge is 0.454 e. The maximum Gasteiger partial charge on any atom is 0.332 e. The second kappa shape index (κ2) is 10.8. The number of pyridine rings is 1. The van der Waals surface area contributed by atoms with Crippen molar-refractivity contribution in [3.63, 3.8) is 0 Å². The Balaban J connectivity index is 1.35. The fraction of sp³-hybridized carbons (Fsp3) is 0.107. The Hall–Kier alpha value is -5.39. The average molecular weight is 545 g/mol. The van der Waals surface area contributed by atoms with Crippen LogP contribution in [-0.4, -0.2) is 33.0 Å². The Morgan fingerprint density at radius 1 is 1.05 bits per heavy atom. The first kappa shape index (κ1) is 26.2. The quantitative estimate of drug-likeness (QED) is 0.288. The number of halogens is 2. The number of carbonyl (C=O) groups excluding carboxylic acids is 3. The Labute approximate surface area is 226 Å². The molecule has 1 saturated heterocycles. The molecule has 12 heteroatoms. The van der Waals surface area contributed by atoms with E-state index in [1.165, 1.54) is 30.5 Å². The van der Waals surface area contributed by atoms with Crippen molar-refractivity contribution >= 4 is 29.2 Å². The number of hydrogen-bond acceptors (Lipinski definition) is 6. The Morgan fingerprint density at radius 3 is 2.50 bits per heavy atom.